The number of para-hydroxylation sites is 1. The van der Waals surface area contributed by atoms with Crippen LogP contribution in [0.4, 0.5) is 0 Å². The third kappa shape index (κ3) is 2.15. The van der Waals surface area contributed by atoms with E-state index in [1.165, 1.54) is 25.7 Å². The third-order valence-electron chi connectivity index (χ3n) is 4.05. The molecule has 0 bridgehead atoms. The molecule has 2 nitrogen and oxygen atoms in total. The average molecular weight is 264 g/mol. The highest BCUT2D eigenvalue weighted by molar-refractivity contribution is 6.30. The van der Waals surface area contributed by atoms with Gasteiger partial charge in [0, 0.05) is 23.0 Å². The molecule has 0 saturated heterocycles. The molecule has 1 aromatic heterocycles. The fourth-order valence-electron chi connectivity index (χ4n) is 2.87. The normalized spacial score (nSPS) is 18.6. The first-order chi connectivity index (χ1) is 8.68. The Hall–Kier alpha value is -0.990. The van der Waals surface area contributed by atoms with Crippen LogP contribution >= 0.6 is 11.6 Å². The van der Waals surface area contributed by atoms with Crippen molar-refractivity contribution in [1.29, 1.82) is 0 Å². The molecule has 0 radical (unpaired) electrons. The predicted molar refractivity (Wildman–Crippen MR) is 74.9 cm³/mol. The summed E-state index contributed by atoms with van der Waals surface area (Å²) in [5, 5.41) is 5.29. The molecule has 1 aliphatic carbocycles. The van der Waals surface area contributed by atoms with Gasteiger partial charge in [0.05, 0.1) is 0 Å². The second-order valence-corrected chi connectivity index (χ2v) is 5.82. The maximum atomic E-state index is 6.19. The average Bonchev–Trinajstić information content (AvgIpc) is 2.91. The number of hydrogen-bond donors (Lipinski definition) is 1. The van der Waals surface area contributed by atoms with E-state index in [0.29, 0.717) is 5.22 Å². The van der Waals surface area contributed by atoms with Crippen molar-refractivity contribution in [3.63, 3.8) is 0 Å². The van der Waals surface area contributed by atoms with E-state index in [4.69, 9.17) is 16.0 Å². The molecule has 3 heteroatoms. The smallest absolute Gasteiger partial charge is 0.199 e. The van der Waals surface area contributed by atoms with Gasteiger partial charge in [0.1, 0.15) is 5.58 Å². The minimum atomic E-state index is 0.266. The summed E-state index contributed by atoms with van der Waals surface area (Å²) in [7, 11) is 0. The zero-order valence-electron chi connectivity index (χ0n) is 10.6. The van der Waals surface area contributed by atoms with Gasteiger partial charge < -0.3 is 9.73 Å². The van der Waals surface area contributed by atoms with Crippen LogP contribution in [0, 0.1) is 0 Å². The number of nitrogens with one attached hydrogen (secondary N) is 1. The number of fused-ring (bicyclic) bond motifs is 1. The number of rotatable bonds is 3. The Balaban J connectivity index is 1.84. The number of benzene rings is 1. The molecule has 1 N–H and O–H groups in total. The van der Waals surface area contributed by atoms with E-state index < -0.39 is 0 Å². The number of halogens is 1. The zero-order chi connectivity index (χ0) is 12.6. The fourth-order valence-corrected chi connectivity index (χ4v) is 3.12. The molecule has 1 aromatic carbocycles. The van der Waals surface area contributed by atoms with Crippen LogP contribution in [0.5, 0.6) is 0 Å². The van der Waals surface area contributed by atoms with E-state index in [1.807, 2.05) is 18.2 Å². The fraction of sp³-hybridized carbons (Fsp3) is 0.467. The van der Waals surface area contributed by atoms with Gasteiger partial charge in [0.25, 0.3) is 0 Å². The highest BCUT2D eigenvalue weighted by Gasteiger charge is 2.28. The Labute approximate surface area is 112 Å². The van der Waals surface area contributed by atoms with Crippen molar-refractivity contribution in [2.24, 2.45) is 0 Å². The van der Waals surface area contributed by atoms with E-state index in [1.54, 1.807) is 0 Å². The molecular weight excluding hydrogens is 246 g/mol. The van der Waals surface area contributed by atoms with Crippen LogP contribution in [0.25, 0.3) is 11.0 Å². The van der Waals surface area contributed by atoms with Crippen molar-refractivity contribution in [3.8, 4) is 0 Å². The van der Waals surface area contributed by atoms with Crippen LogP contribution < -0.4 is 5.32 Å². The lowest BCUT2D eigenvalue weighted by Crippen LogP contribution is -2.38. The summed E-state index contributed by atoms with van der Waals surface area (Å²) in [4.78, 5) is 0. The van der Waals surface area contributed by atoms with Crippen LogP contribution in [-0.4, -0.2) is 5.54 Å². The lowest BCUT2D eigenvalue weighted by molar-refractivity contribution is 0.362. The zero-order valence-corrected chi connectivity index (χ0v) is 11.4. The molecular formula is C15H18ClNO. The summed E-state index contributed by atoms with van der Waals surface area (Å²) in [5.74, 6) is 0. The van der Waals surface area contributed by atoms with Gasteiger partial charge in [-0.1, -0.05) is 31.0 Å². The molecule has 1 fully saturated rings. The first kappa shape index (κ1) is 12.1. The van der Waals surface area contributed by atoms with Crippen molar-refractivity contribution in [2.45, 2.75) is 44.7 Å². The van der Waals surface area contributed by atoms with Gasteiger partial charge in [-0.15, -0.1) is 0 Å². The monoisotopic (exact) mass is 263 g/mol. The first-order valence-corrected chi connectivity index (χ1v) is 6.97. The van der Waals surface area contributed by atoms with Gasteiger partial charge in [0.2, 0.25) is 0 Å². The van der Waals surface area contributed by atoms with Crippen LogP contribution in [-0.2, 0) is 6.54 Å². The van der Waals surface area contributed by atoms with E-state index in [9.17, 15) is 0 Å². The Kier molecular flexibility index (Phi) is 3.08. The van der Waals surface area contributed by atoms with E-state index in [0.717, 1.165) is 23.1 Å². The first-order valence-electron chi connectivity index (χ1n) is 6.59. The van der Waals surface area contributed by atoms with Gasteiger partial charge in [-0.3, -0.25) is 0 Å². The highest BCUT2D eigenvalue weighted by atomic mass is 35.5. The van der Waals surface area contributed by atoms with E-state index in [2.05, 4.69) is 18.3 Å². The van der Waals surface area contributed by atoms with Crippen molar-refractivity contribution >= 4 is 22.6 Å². The molecule has 18 heavy (non-hydrogen) atoms. The molecule has 0 spiro atoms. The van der Waals surface area contributed by atoms with Gasteiger partial charge >= 0.3 is 0 Å². The standard InChI is InChI=1S/C15H18ClNO/c1-15(8-4-5-9-15)17-10-12-11-6-2-3-7-13(11)18-14(12)16/h2-3,6-7,17H,4-5,8-10H2,1H3. The molecule has 96 valence electrons. The summed E-state index contributed by atoms with van der Waals surface area (Å²) in [6.45, 7) is 3.09. The highest BCUT2D eigenvalue weighted by Crippen LogP contribution is 2.32. The van der Waals surface area contributed by atoms with Crippen molar-refractivity contribution in [3.05, 3.63) is 35.0 Å². The van der Waals surface area contributed by atoms with E-state index >= 15 is 0 Å². The summed E-state index contributed by atoms with van der Waals surface area (Å²) in [6, 6.07) is 8.02. The second kappa shape index (κ2) is 4.60. The maximum absolute atomic E-state index is 6.19. The molecule has 0 atom stereocenters. The molecule has 1 saturated carbocycles. The lowest BCUT2D eigenvalue weighted by atomic mass is 10.0. The van der Waals surface area contributed by atoms with Crippen LogP contribution in [0.2, 0.25) is 5.22 Å². The maximum Gasteiger partial charge on any atom is 0.199 e. The Morgan fingerprint density at radius 1 is 1.28 bits per heavy atom. The minimum absolute atomic E-state index is 0.266. The molecule has 1 heterocycles. The Bertz CT molecular complexity index is 555. The van der Waals surface area contributed by atoms with Gasteiger partial charge in [-0.2, -0.15) is 0 Å². The molecule has 0 unspecified atom stereocenters. The second-order valence-electron chi connectivity index (χ2n) is 5.47. The van der Waals surface area contributed by atoms with Gasteiger partial charge in [0.15, 0.2) is 5.22 Å². The van der Waals surface area contributed by atoms with Crippen LogP contribution in [0.15, 0.2) is 28.7 Å². The predicted octanol–water partition coefficient (Wildman–Crippen LogP) is 4.51. The minimum Gasteiger partial charge on any atom is -0.444 e. The van der Waals surface area contributed by atoms with Crippen molar-refractivity contribution in [2.75, 3.05) is 0 Å². The summed E-state index contributed by atoms with van der Waals surface area (Å²) in [5.41, 5.74) is 2.22. The quantitative estimate of drug-likeness (QED) is 0.881. The van der Waals surface area contributed by atoms with Gasteiger partial charge in [-0.05, 0) is 37.4 Å². The van der Waals surface area contributed by atoms with Crippen LogP contribution in [0.1, 0.15) is 38.2 Å². The summed E-state index contributed by atoms with van der Waals surface area (Å²) >= 11 is 6.19. The Morgan fingerprint density at radius 2 is 2.00 bits per heavy atom. The third-order valence-corrected chi connectivity index (χ3v) is 4.35. The number of furan rings is 1. The topological polar surface area (TPSA) is 25.2 Å². The van der Waals surface area contributed by atoms with Crippen molar-refractivity contribution in [1.82, 2.24) is 5.32 Å². The SMILES string of the molecule is CC1(NCc2c(Cl)oc3ccccc23)CCCC1. The molecule has 0 amide bonds. The largest absolute Gasteiger partial charge is 0.444 e. The van der Waals surface area contributed by atoms with Crippen LogP contribution in [0.3, 0.4) is 0 Å². The molecule has 1 aliphatic rings. The molecule has 3 rings (SSSR count). The number of hydrogen-bond acceptors (Lipinski definition) is 2. The summed E-state index contributed by atoms with van der Waals surface area (Å²) < 4.78 is 5.57. The lowest BCUT2D eigenvalue weighted by Gasteiger charge is -2.25. The summed E-state index contributed by atoms with van der Waals surface area (Å²) in [6.07, 6.45) is 5.15. The van der Waals surface area contributed by atoms with E-state index in [-0.39, 0.29) is 5.54 Å². The Morgan fingerprint density at radius 3 is 2.78 bits per heavy atom. The van der Waals surface area contributed by atoms with Crippen molar-refractivity contribution < 1.29 is 4.42 Å². The van der Waals surface area contributed by atoms with Gasteiger partial charge in [-0.25, -0.2) is 0 Å². The molecule has 2 aromatic rings. The molecule has 0 aliphatic heterocycles.